The molecule has 3 aromatic carbocycles. The molecule has 0 radical (unpaired) electrons. The van der Waals surface area contributed by atoms with Gasteiger partial charge in [0.15, 0.2) is 0 Å². The number of carbonyl (C=O) groups excluding carboxylic acids is 1. The number of nitrogens with one attached hydrogen (secondary N) is 2. The minimum Gasteiger partial charge on any atom is -0.342 e. The third kappa shape index (κ3) is 4.35. The molecule has 0 bridgehead atoms. The van der Waals surface area contributed by atoms with Crippen LogP contribution in [-0.4, -0.2) is 15.9 Å². The van der Waals surface area contributed by atoms with Crippen LogP contribution in [0, 0.1) is 0 Å². The van der Waals surface area contributed by atoms with Gasteiger partial charge in [-0.1, -0.05) is 48.5 Å². The number of carbonyl (C=O) groups is 1. The first-order valence-electron chi connectivity index (χ1n) is 9.37. The van der Waals surface area contributed by atoms with Crippen LogP contribution in [0.1, 0.15) is 33.4 Å². The van der Waals surface area contributed by atoms with Crippen LogP contribution >= 0.6 is 0 Å². The second-order valence-corrected chi connectivity index (χ2v) is 6.93. The van der Waals surface area contributed by atoms with E-state index in [4.69, 9.17) is 0 Å². The van der Waals surface area contributed by atoms with E-state index in [1.54, 1.807) is 0 Å². The summed E-state index contributed by atoms with van der Waals surface area (Å²) in [5.74, 6) is -0.0529. The molecule has 0 spiro atoms. The first-order valence-corrected chi connectivity index (χ1v) is 9.37. The van der Waals surface area contributed by atoms with Crippen molar-refractivity contribution in [1.82, 2.24) is 15.3 Å². The molecule has 0 aliphatic heterocycles. The Labute approximate surface area is 170 Å². The molecule has 0 fully saturated rings. The largest absolute Gasteiger partial charge is 0.416 e. The molecule has 0 aliphatic rings. The third-order valence-corrected chi connectivity index (χ3v) is 4.78. The summed E-state index contributed by atoms with van der Waals surface area (Å²) in [4.78, 5) is 20.6. The van der Waals surface area contributed by atoms with E-state index in [-0.39, 0.29) is 5.56 Å². The third-order valence-electron chi connectivity index (χ3n) is 4.78. The number of benzene rings is 3. The van der Waals surface area contributed by atoms with E-state index in [1.165, 1.54) is 12.1 Å². The average molecular weight is 409 g/mol. The number of para-hydroxylation sites is 2. The van der Waals surface area contributed by atoms with Crippen LogP contribution in [0.5, 0.6) is 0 Å². The second-order valence-electron chi connectivity index (χ2n) is 6.93. The Balaban J connectivity index is 1.65. The maximum absolute atomic E-state index is 13.0. The Morgan fingerprint density at radius 2 is 1.70 bits per heavy atom. The Kier molecular flexibility index (Phi) is 5.27. The fourth-order valence-electron chi connectivity index (χ4n) is 3.28. The number of aromatic amines is 1. The quantitative estimate of drug-likeness (QED) is 0.470. The van der Waals surface area contributed by atoms with E-state index >= 15 is 0 Å². The summed E-state index contributed by atoms with van der Waals surface area (Å²) in [5, 5.41) is 2.84. The summed E-state index contributed by atoms with van der Waals surface area (Å²) in [5.41, 5.74) is 1.61. The first kappa shape index (κ1) is 19.7. The van der Waals surface area contributed by atoms with Crippen molar-refractivity contribution in [3.8, 4) is 0 Å². The number of halogens is 3. The molecule has 0 saturated heterocycles. The molecule has 1 unspecified atom stereocenters. The number of imidazole rings is 1. The first-order chi connectivity index (χ1) is 14.4. The molecule has 0 saturated carbocycles. The van der Waals surface area contributed by atoms with Crippen LogP contribution < -0.4 is 5.32 Å². The average Bonchev–Trinajstić information content (AvgIpc) is 3.18. The van der Waals surface area contributed by atoms with Gasteiger partial charge >= 0.3 is 6.18 Å². The van der Waals surface area contributed by atoms with Gasteiger partial charge in [-0.25, -0.2) is 4.98 Å². The van der Waals surface area contributed by atoms with Crippen LogP contribution in [0.2, 0.25) is 0 Å². The predicted octanol–water partition coefficient (Wildman–Crippen LogP) is 5.30. The lowest BCUT2D eigenvalue weighted by atomic mass is 10.0. The van der Waals surface area contributed by atoms with E-state index in [9.17, 15) is 18.0 Å². The molecule has 4 rings (SSSR count). The van der Waals surface area contributed by atoms with Crippen molar-refractivity contribution >= 4 is 16.9 Å². The minimum atomic E-state index is -4.52. The van der Waals surface area contributed by atoms with Gasteiger partial charge in [0, 0.05) is 5.56 Å². The van der Waals surface area contributed by atoms with E-state index in [0.29, 0.717) is 12.2 Å². The van der Waals surface area contributed by atoms with Crippen molar-refractivity contribution in [1.29, 1.82) is 0 Å². The smallest absolute Gasteiger partial charge is 0.342 e. The van der Waals surface area contributed by atoms with E-state index in [2.05, 4.69) is 15.3 Å². The van der Waals surface area contributed by atoms with E-state index in [0.717, 1.165) is 28.7 Å². The molecule has 1 heterocycles. The number of amides is 1. The van der Waals surface area contributed by atoms with Crippen LogP contribution in [0.4, 0.5) is 13.2 Å². The zero-order valence-electron chi connectivity index (χ0n) is 15.8. The molecule has 152 valence electrons. The van der Waals surface area contributed by atoms with Gasteiger partial charge in [0.2, 0.25) is 0 Å². The summed E-state index contributed by atoms with van der Waals surface area (Å²) in [6.07, 6.45) is -4.08. The molecule has 1 aromatic heterocycles. The minimum absolute atomic E-state index is 0.0565. The van der Waals surface area contributed by atoms with Gasteiger partial charge in [-0.05, 0) is 42.3 Å². The van der Waals surface area contributed by atoms with Gasteiger partial charge in [0.25, 0.3) is 5.91 Å². The van der Waals surface area contributed by atoms with Crippen LogP contribution in [0.25, 0.3) is 11.0 Å². The maximum Gasteiger partial charge on any atom is 0.416 e. The molecule has 1 atom stereocenters. The van der Waals surface area contributed by atoms with Gasteiger partial charge in [0.05, 0.1) is 22.6 Å². The van der Waals surface area contributed by atoms with Crippen molar-refractivity contribution in [2.75, 3.05) is 0 Å². The lowest BCUT2D eigenvalue weighted by Gasteiger charge is -2.17. The maximum atomic E-state index is 13.0. The molecule has 0 aliphatic carbocycles. The highest BCUT2D eigenvalue weighted by atomic mass is 19.4. The number of hydrogen-bond acceptors (Lipinski definition) is 2. The monoisotopic (exact) mass is 409 g/mol. The summed E-state index contributed by atoms with van der Waals surface area (Å²) in [6.45, 7) is 0. The lowest BCUT2D eigenvalue weighted by molar-refractivity contribution is -0.137. The lowest BCUT2D eigenvalue weighted by Crippen LogP contribution is -2.31. The summed E-state index contributed by atoms with van der Waals surface area (Å²) in [6, 6.07) is 20.8. The number of aromatic nitrogens is 2. The number of nitrogens with zero attached hydrogens (tertiary/aromatic N) is 1. The molecular weight excluding hydrogens is 391 g/mol. The zero-order valence-corrected chi connectivity index (χ0v) is 15.8. The van der Waals surface area contributed by atoms with Gasteiger partial charge in [0.1, 0.15) is 5.82 Å². The van der Waals surface area contributed by atoms with Gasteiger partial charge in [-0.2, -0.15) is 13.2 Å². The van der Waals surface area contributed by atoms with Crippen LogP contribution in [-0.2, 0) is 12.6 Å². The number of fused-ring (bicyclic) bond motifs is 1. The number of rotatable bonds is 5. The topological polar surface area (TPSA) is 57.8 Å². The van der Waals surface area contributed by atoms with Crippen molar-refractivity contribution in [2.45, 2.75) is 18.6 Å². The standard InChI is InChI=1S/C23H18F3N3O/c24-23(25,26)17-10-6-9-16(14-17)22(30)29-20(13-15-7-2-1-3-8-15)21-27-18-11-4-5-12-19(18)28-21/h1-12,14,20H,13H2,(H,27,28)(H,29,30). The van der Waals surface area contributed by atoms with Crippen molar-refractivity contribution < 1.29 is 18.0 Å². The Hall–Kier alpha value is -3.61. The SMILES string of the molecule is O=C(NC(Cc1ccccc1)c1nc2ccccc2[nH]1)c1cccc(C(F)(F)F)c1. The second kappa shape index (κ2) is 8.02. The molecule has 7 heteroatoms. The fraction of sp³-hybridized carbons (Fsp3) is 0.130. The molecule has 4 aromatic rings. The van der Waals surface area contributed by atoms with E-state index < -0.39 is 23.7 Å². The number of hydrogen-bond donors (Lipinski definition) is 2. The van der Waals surface area contributed by atoms with Gasteiger partial charge in [-0.3, -0.25) is 4.79 Å². The summed E-state index contributed by atoms with van der Waals surface area (Å²) >= 11 is 0. The molecular formula is C23H18F3N3O. The summed E-state index contributed by atoms with van der Waals surface area (Å²) < 4.78 is 39.1. The van der Waals surface area contributed by atoms with E-state index in [1.807, 2.05) is 54.6 Å². The highest BCUT2D eigenvalue weighted by Gasteiger charge is 2.31. The Bertz CT molecular complexity index is 1140. The molecule has 1 amide bonds. The highest BCUT2D eigenvalue weighted by molar-refractivity contribution is 5.94. The van der Waals surface area contributed by atoms with Crippen molar-refractivity contribution in [3.63, 3.8) is 0 Å². The highest BCUT2D eigenvalue weighted by Crippen LogP contribution is 2.29. The Morgan fingerprint density at radius 1 is 0.967 bits per heavy atom. The molecule has 30 heavy (non-hydrogen) atoms. The van der Waals surface area contributed by atoms with Crippen molar-refractivity contribution in [2.24, 2.45) is 0 Å². The van der Waals surface area contributed by atoms with Gasteiger partial charge in [-0.15, -0.1) is 0 Å². The van der Waals surface area contributed by atoms with Crippen LogP contribution in [0.3, 0.4) is 0 Å². The zero-order chi connectivity index (χ0) is 21.1. The van der Waals surface area contributed by atoms with Crippen LogP contribution in [0.15, 0.2) is 78.9 Å². The van der Waals surface area contributed by atoms with Gasteiger partial charge < -0.3 is 10.3 Å². The molecule has 2 N–H and O–H groups in total. The normalized spacial score (nSPS) is 12.6. The predicted molar refractivity (Wildman–Crippen MR) is 108 cm³/mol. The Morgan fingerprint density at radius 3 is 2.43 bits per heavy atom. The summed E-state index contributed by atoms with van der Waals surface area (Å²) in [7, 11) is 0. The van der Waals surface area contributed by atoms with Crippen molar-refractivity contribution in [3.05, 3.63) is 101 Å². The molecule has 4 nitrogen and oxygen atoms in total. The number of alkyl halides is 3. The fourth-order valence-corrected chi connectivity index (χ4v) is 3.28. The number of H-pyrrole nitrogens is 1.